The third-order valence-electron chi connectivity index (χ3n) is 5.08. The van der Waals surface area contributed by atoms with Crippen molar-refractivity contribution in [3.05, 3.63) is 80.9 Å². The molecule has 0 heterocycles. The van der Waals surface area contributed by atoms with E-state index >= 15 is 0 Å². The van der Waals surface area contributed by atoms with Crippen LogP contribution in [0.15, 0.2) is 48.5 Å². The highest BCUT2D eigenvalue weighted by Crippen LogP contribution is 2.66. The minimum absolute atomic E-state index is 0.306. The van der Waals surface area contributed by atoms with Crippen LogP contribution in [0.25, 0.3) is 0 Å². The third kappa shape index (κ3) is 1.51. The van der Waals surface area contributed by atoms with Gasteiger partial charge >= 0.3 is 0 Å². The summed E-state index contributed by atoms with van der Waals surface area (Å²) in [5, 5.41) is 11.6. The maximum Gasteiger partial charge on any atom is 0.242 e. The van der Waals surface area contributed by atoms with E-state index in [0.717, 1.165) is 5.56 Å². The molecule has 2 atom stereocenters. The first-order valence-electron chi connectivity index (χ1n) is 7.39. The average Bonchev–Trinajstić information content (AvgIpc) is 3.19. The molecule has 0 N–H and O–H groups in total. The Hall–Kier alpha value is -2.82. The van der Waals surface area contributed by atoms with Gasteiger partial charge in [0, 0.05) is 16.1 Å². The Morgan fingerprint density at radius 1 is 0.957 bits per heavy atom. The highest BCUT2D eigenvalue weighted by atomic mass is 16.6. The lowest BCUT2D eigenvalue weighted by Gasteiger charge is -2.06. The summed E-state index contributed by atoms with van der Waals surface area (Å²) in [6.07, 6.45) is 0. The molecule has 0 bridgehead atoms. The van der Waals surface area contributed by atoms with Crippen LogP contribution in [0.1, 0.15) is 37.8 Å². The molecule has 0 saturated heterocycles. The highest BCUT2D eigenvalue weighted by molar-refractivity contribution is 6.33. The summed E-state index contributed by atoms with van der Waals surface area (Å²) in [7, 11) is 0. The van der Waals surface area contributed by atoms with Crippen molar-refractivity contribution in [2.24, 2.45) is 5.41 Å². The van der Waals surface area contributed by atoms with Gasteiger partial charge in [-0.15, -0.1) is 0 Å². The molecule has 1 spiro atoms. The first kappa shape index (κ1) is 13.8. The number of nitrogens with zero attached hydrogens (tertiary/aromatic N) is 1. The molecule has 5 nitrogen and oxygen atoms in total. The minimum Gasteiger partial charge on any atom is -0.293 e. The van der Waals surface area contributed by atoms with Crippen molar-refractivity contribution < 1.29 is 14.5 Å². The largest absolute Gasteiger partial charge is 0.293 e. The van der Waals surface area contributed by atoms with Crippen LogP contribution < -0.4 is 0 Å². The van der Waals surface area contributed by atoms with Crippen molar-refractivity contribution in [3.63, 3.8) is 0 Å². The zero-order valence-corrected chi connectivity index (χ0v) is 12.4. The van der Waals surface area contributed by atoms with E-state index in [0.29, 0.717) is 16.7 Å². The molecule has 114 valence electrons. The lowest BCUT2D eigenvalue weighted by Crippen LogP contribution is -2.25. The van der Waals surface area contributed by atoms with Gasteiger partial charge in [0.05, 0.1) is 5.92 Å². The summed E-state index contributed by atoms with van der Waals surface area (Å²) in [6.45, 7) is 1.84. The fourth-order valence-electron chi connectivity index (χ4n) is 3.99. The Balaban J connectivity index is 1.92. The number of benzene rings is 2. The Morgan fingerprint density at radius 2 is 1.48 bits per heavy atom. The van der Waals surface area contributed by atoms with Crippen molar-refractivity contribution in [3.8, 4) is 0 Å². The zero-order chi connectivity index (χ0) is 16.4. The van der Waals surface area contributed by atoms with E-state index in [1.165, 1.54) is 0 Å². The molecule has 0 radical (unpaired) electrons. The molecule has 23 heavy (non-hydrogen) atoms. The van der Waals surface area contributed by atoms with Gasteiger partial charge in [0.15, 0.2) is 17.0 Å². The molecule has 4 rings (SSSR count). The molecule has 2 aromatic rings. The van der Waals surface area contributed by atoms with Crippen LogP contribution in [-0.2, 0) is 0 Å². The van der Waals surface area contributed by atoms with Crippen LogP contribution in [0, 0.1) is 22.5 Å². The molecule has 0 aromatic heterocycles. The molecule has 5 heteroatoms. The molecular formula is C18H13NO4. The van der Waals surface area contributed by atoms with E-state index in [-0.39, 0.29) is 0 Å². The van der Waals surface area contributed by atoms with Gasteiger partial charge < -0.3 is 0 Å². The smallest absolute Gasteiger partial charge is 0.242 e. The number of ketones is 2. The highest BCUT2D eigenvalue weighted by Gasteiger charge is 2.84. The summed E-state index contributed by atoms with van der Waals surface area (Å²) in [4.78, 5) is 36.8. The number of nitro groups is 1. The van der Waals surface area contributed by atoms with Crippen LogP contribution in [0.4, 0.5) is 0 Å². The van der Waals surface area contributed by atoms with Crippen molar-refractivity contribution in [1.82, 2.24) is 0 Å². The van der Waals surface area contributed by atoms with E-state index in [9.17, 15) is 19.7 Å². The van der Waals surface area contributed by atoms with E-state index in [1.54, 1.807) is 36.4 Å². The van der Waals surface area contributed by atoms with Crippen molar-refractivity contribution in [2.45, 2.75) is 18.9 Å². The SMILES string of the molecule is Cc1ccccc1[C@H]1[C@H]([N+](=O)[O-])C12C(=O)c1ccccc1C2=O. The maximum atomic E-state index is 12.9. The number of Topliss-reactive ketones (excluding diaryl/α,β-unsaturated/α-hetero) is 2. The van der Waals surface area contributed by atoms with E-state index in [4.69, 9.17) is 0 Å². The third-order valence-corrected chi connectivity index (χ3v) is 5.08. The molecule has 2 aromatic carbocycles. The zero-order valence-electron chi connectivity index (χ0n) is 12.4. The number of rotatable bonds is 2. The molecule has 1 saturated carbocycles. The molecule has 1 fully saturated rings. The number of fused-ring (bicyclic) bond motifs is 1. The van der Waals surface area contributed by atoms with Crippen LogP contribution in [0.5, 0.6) is 0 Å². The Labute approximate surface area is 132 Å². The van der Waals surface area contributed by atoms with Crippen molar-refractivity contribution in [1.29, 1.82) is 0 Å². The summed E-state index contributed by atoms with van der Waals surface area (Å²) in [6, 6.07) is 12.6. The second-order valence-corrected chi connectivity index (χ2v) is 6.14. The van der Waals surface area contributed by atoms with Gasteiger partial charge in [-0.3, -0.25) is 19.7 Å². The number of hydrogen-bond acceptors (Lipinski definition) is 4. The first-order valence-corrected chi connectivity index (χ1v) is 7.39. The molecule has 0 unspecified atom stereocenters. The van der Waals surface area contributed by atoms with Crippen LogP contribution >= 0.6 is 0 Å². The lowest BCUT2D eigenvalue weighted by molar-refractivity contribution is -0.500. The summed E-state index contributed by atoms with van der Waals surface area (Å²) in [5.74, 6) is -1.51. The normalized spacial score (nSPS) is 23.9. The first-order chi connectivity index (χ1) is 11.0. The predicted molar refractivity (Wildman–Crippen MR) is 82.2 cm³/mol. The van der Waals surface area contributed by atoms with E-state index in [2.05, 4.69) is 0 Å². The average molecular weight is 307 g/mol. The summed E-state index contributed by atoms with van der Waals surface area (Å²) in [5.41, 5.74) is 0.626. The lowest BCUT2D eigenvalue weighted by atomic mass is 9.92. The fraction of sp³-hybridized carbons (Fsp3) is 0.222. The maximum absolute atomic E-state index is 12.9. The van der Waals surface area contributed by atoms with Gasteiger partial charge in [-0.05, 0) is 18.1 Å². The minimum atomic E-state index is -1.56. The Morgan fingerprint density at radius 3 is 2.00 bits per heavy atom. The Bertz CT molecular complexity index is 851. The quantitative estimate of drug-likeness (QED) is 0.485. The standard InChI is InChI=1S/C18H13NO4/c1-10-6-2-3-7-11(10)14-15(19(22)23)18(14)16(20)12-8-4-5-9-13(12)17(18)21/h2-9,14-15H,1H3/t14-,15-/m0/s1. The van der Waals surface area contributed by atoms with Gasteiger partial charge in [-0.1, -0.05) is 48.5 Å². The van der Waals surface area contributed by atoms with Gasteiger partial charge in [-0.25, -0.2) is 0 Å². The summed E-state index contributed by atoms with van der Waals surface area (Å²) < 4.78 is 0. The number of hydrogen-bond donors (Lipinski definition) is 0. The molecule has 0 amide bonds. The number of carbonyl (C=O) groups is 2. The Kier molecular flexibility index (Phi) is 2.61. The van der Waals surface area contributed by atoms with Gasteiger partial charge in [-0.2, -0.15) is 0 Å². The molecule has 0 aliphatic heterocycles. The predicted octanol–water partition coefficient (Wildman–Crippen LogP) is 2.80. The topological polar surface area (TPSA) is 77.3 Å². The second-order valence-electron chi connectivity index (χ2n) is 6.14. The number of aryl methyl sites for hydroxylation is 1. The van der Waals surface area contributed by atoms with Gasteiger partial charge in [0.25, 0.3) is 0 Å². The molecule has 2 aliphatic carbocycles. The van der Waals surface area contributed by atoms with Gasteiger partial charge in [0.1, 0.15) is 0 Å². The van der Waals surface area contributed by atoms with Crippen molar-refractivity contribution >= 4 is 11.6 Å². The number of carbonyl (C=O) groups excluding carboxylic acids is 2. The van der Waals surface area contributed by atoms with Crippen LogP contribution in [0.3, 0.4) is 0 Å². The molecule has 2 aliphatic rings. The van der Waals surface area contributed by atoms with E-state index in [1.807, 2.05) is 19.1 Å². The monoisotopic (exact) mass is 307 g/mol. The van der Waals surface area contributed by atoms with Gasteiger partial charge in [0.2, 0.25) is 6.04 Å². The second kappa shape index (κ2) is 4.35. The van der Waals surface area contributed by atoms with Crippen molar-refractivity contribution in [2.75, 3.05) is 0 Å². The van der Waals surface area contributed by atoms with Crippen LogP contribution in [-0.4, -0.2) is 22.5 Å². The van der Waals surface area contributed by atoms with E-state index < -0.39 is 33.9 Å². The molecular weight excluding hydrogens is 294 g/mol. The fourth-order valence-corrected chi connectivity index (χ4v) is 3.99. The summed E-state index contributed by atoms with van der Waals surface area (Å²) >= 11 is 0. The van der Waals surface area contributed by atoms with Crippen LogP contribution in [0.2, 0.25) is 0 Å².